The van der Waals surface area contributed by atoms with Gasteiger partial charge in [0.1, 0.15) is 11.4 Å². The zero-order valence-electron chi connectivity index (χ0n) is 14.8. The molecule has 0 saturated carbocycles. The van der Waals surface area contributed by atoms with E-state index in [1.54, 1.807) is 32.9 Å². The van der Waals surface area contributed by atoms with Crippen LogP contribution in [0.3, 0.4) is 0 Å². The number of alkyl carbamates (subject to hydrolysis) is 1. The molecule has 1 aromatic rings. The summed E-state index contributed by atoms with van der Waals surface area (Å²) in [5, 5.41) is 5.98. The first-order valence-corrected chi connectivity index (χ1v) is 8.11. The van der Waals surface area contributed by atoms with Crippen molar-refractivity contribution in [3.63, 3.8) is 0 Å². The molecule has 0 saturated heterocycles. The second kappa shape index (κ2) is 8.78. The van der Waals surface area contributed by atoms with Gasteiger partial charge in [-0.2, -0.15) is 0 Å². The molecule has 2 amide bonds. The van der Waals surface area contributed by atoms with Crippen molar-refractivity contribution in [2.75, 3.05) is 19.0 Å². The molecular formula is C17H25ClN2O4. The molecular weight excluding hydrogens is 332 g/mol. The Morgan fingerprint density at radius 2 is 1.92 bits per heavy atom. The average Bonchev–Trinajstić information content (AvgIpc) is 2.45. The van der Waals surface area contributed by atoms with Gasteiger partial charge in [-0.25, -0.2) is 4.79 Å². The molecule has 1 aromatic carbocycles. The van der Waals surface area contributed by atoms with E-state index in [2.05, 4.69) is 10.6 Å². The average molecular weight is 357 g/mol. The first-order valence-electron chi connectivity index (χ1n) is 7.73. The summed E-state index contributed by atoms with van der Waals surface area (Å²) in [6.45, 7) is 7.59. The lowest BCUT2D eigenvalue weighted by molar-refractivity contribution is -0.116. The maximum atomic E-state index is 12.0. The van der Waals surface area contributed by atoms with E-state index in [0.29, 0.717) is 29.4 Å². The van der Waals surface area contributed by atoms with Gasteiger partial charge in [-0.05, 0) is 45.7 Å². The standard InChI is InChI=1S/C17H25ClN2O4/c1-11-9-13(14(23-5)10-12(11)18)20-15(21)7-6-8-19-16(22)24-17(2,3)4/h9-10H,6-8H2,1-5H3,(H,19,22)(H,20,21). The fourth-order valence-electron chi connectivity index (χ4n) is 1.90. The van der Waals surface area contributed by atoms with Gasteiger partial charge in [0.15, 0.2) is 0 Å². The van der Waals surface area contributed by atoms with Gasteiger partial charge in [0.05, 0.1) is 12.8 Å². The molecule has 6 nitrogen and oxygen atoms in total. The molecule has 0 aliphatic heterocycles. The largest absolute Gasteiger partial charge is 0.495 e. The third-order valence-electron chi connectivity index (χ3n) is 3.00. The number of rotatable bonds is 6. The molecule has 24 heavy (non-hydrogen) atoms. The highest BCUT2D eigenvalue weighted by Gasteiger charge is 2.15. The van der Waals surface area contributed by atoms with Gasteiger partial charge in [-0.15, -0.1) is 0 Å². The molecule has 0 atom stereocenters. The molecule has 1 rings (SSSR count). The lowest BCUT2D eigenvalue weighted by Crippen LogP contribution is -2.33. The summed E-state index contributed by atoms with van der Waals surface area (Å²) < 4.78 is 10.3. The van der Waals surface area contributed by atoms with E-state index in [9.17, 15) is 9.59 Å². The molecule has 0 aliphatic rings. The van der Waals surface area contributed by atoms with E-state index < -0.39 is 11.7 Å². The van der Waals surface area contributed by atoms with Gasteiger partial charge < -0.3 is 20.1 Å². The Morgan fingerprint density at radius 3 is 2.50 bits per heavy atom. The number of benzene rings is 1. The van der Waals surface area contributed by atoms with Crippen molar-refractivity contribution < 1.29 is 19.1 Å². The summed E-state index contributed by atoms with van der Waals surface area (Å²) in [4.78, 5) is 23.5. The van der Waals surface area contributed by atoms with Crippen molar-refractivity contribution >= 4 is 29.3 Å². The van der Waals surface area contributed by atoms with Crippen molar-refractivity contribution in [2.45, 2.75) is 46.1 Å². The first-order chi connectivity index (χ1) is 11.1. The maximum absolute atomic E-state index is 12.0. The van der Waals surface area contributed by atoms with Crippen LogP contribution in [0.5, 0.6) is 5.75 Å². The van der Waals surface area contributed by atoms with Gasteiger partial charge in [-0.1, -0.05) is 11.6 Å². The number of methoxy groups -OCH3 is 1. The number of halogens is 1. The number of carbonyl (C=O) groups is 2. The fraction of sp³-hybridized carbons (Fsp3) is 0.529. The molecule has 0 unspecified atom stereocenters. The lowest BCUT2D eigenvalue weighted by Gasteiger charge is -2.19. The highest BCUT2D eigenvalue weighted by molar-refractivity contribution is 6.31. The number of hydrogen-bond donors (Lipinski definition) is 2. The van der Waals surface area contributed by atoms with Crippen molar-refractivity contribution in [3.8, 4) is 5.75 Å². The predicted octanol–water partition coefficient (Wildman–Crippen LogP) is 3.90. The van der Waals surface area contributed by atoms with Crippen LogP contribution in [0.15, 0.2) is 12.1 Å². The van der Waals surface area contributed by atoms with Gasteiger partial charge in [0.2, 0.25) is 5.91 Å². The quantitative estimate of drug-likeness (QED) is 0.758. The molecule has 0 fully saturated rings. The SMILES string of the molecule is COc1cc(Cl)c(C)cc1NC(=O)CCCNC(=O)OC(C)(C)C. The van der Waals surface area contributed by atoms with Crippen LogP contribution < -0.4 is 15.4 Å². The number of carbonyl (C=O) groups excluding carboxylic acids is 2. The summed E-state index contributed by atoms with van der Waals surface area (Å²) in [6.07, 6.45) is 0.276. The summed E-state index contributed by atoms with van der Waals surface area (Å²) in [5.74, 6) is 0.340. The second-order valence-electron chi connectivity index (χ2n) is 6.38. The van der Waals surface area contributed by atoms with Crippen LogP contribution in [0, 0.1) is 6.92 Å². The summed E-state index contributed by atoms with van der Waals surface area (Å²) >= 11 is 6.03. The van der Waals surface area contributed by atoms with Crippen LogP contribution in [0.25, 0.3) is 0 Å². The van der Waals surface area contributed by atoms with E-state index in [-0.39, 0.29) is 12.3 Å². The zero-order chi connectivity index (χ0) is 18.3. The first kappa shape index (κ1) is 20.1. The van der Waals surface area contributed by atoms with Crippen molar-refractivity contribution in [1.29, 1.82) is 0 Å². The van der Waals surface area contributed by atoms with E-state index >= 15 is 0 Å². The van der Waals surface area contributed by atoms with Crippen LogP contribution in [0.2, 0.25) is 5.02 Å². The number of hydrogen-bond acceptors (Lipinski definition) is 4. The topological polar surface area (TPSA) is 76.7 Å². The molecule has 0 heterocycles. The molecule has 7 heteroatoms. The Hall–Kier alpha value is -1.95. The third kappa shape index (κ3) is 7.08. The van der Waals surface area contributed by atoms with E-state index in [0.717, 1.165) is 5.56 Å². The maximum Gasteiger partial charge on any atom is 0.407 e. The molecule has 0 spiro atoms. The number of anilines is 1. The molecule has 0 aromatic heterocycles. The van der Waals surface area contributed by atoms with Gasteiger partial charge >= 0.3 is 6.09 Å². The Kier molecular flexibility index (Phi) is 7.35. The number of ether oxygens (including phenoxy) is 2. The Morgan fingerprint density at radius 1 is 1.25 bits per heavy atom. The summed E-state index contributed by atoms with van der Waals surface area (Å²) in [5.41, 5.74) is 0.883. The number of nitrogens with one attached hydrogen (secondary N) is 2. The summed E-state index contributed by atoms with van der Waals surface area (Å²) in [6, 6.07) is 3.43. The third-order valence-corrected chi connectivity index (χ3v) is 3.41. The van der Waals surface area contributed by atoms with Crippen LogP contribution >= 0.6 is 11.6 Å². The Bertz CT molecular complexity index is 597. The Balaban J connectivity index is 2.42. The minimum Gasteiger partial charge on any atom is -0.495 e. The van der Waals surface area contributed by atoms with Crippen LogP contribution in [-0.2, 0) is 9.53 Å². The fourth-order valence-corrected chi connectivity index (χ4v) is 2.05. The smallest absolute Gasteiger partial charge is 0.407 e. The number of amides is 2. The van der Waals surface area contributed by atoms with E-state index in [1.165, 1.54) is 7.11 Å². The molecule has 134 valence electrons. The van der Waals surface area contributed by atoms with E-state index in [1.807, 2.05) is 6.92 Å². The van der Waals surface area contributed by atoms with Crippen molar-refractivity contribution in [1.82, 2.24) is 5.32 Å². The highest BCUT2D eigenvalue weighted by Crippen LogP contribution is 2.31. The summed E-state index contributed by atoms with van der Waals surface area (Å²) in [7, 11) is 1.52. The minimum atomic E-state index is -0.537. The van der Waals surface area contributed by atoms with Crippen molar-refractivity contribution in [3.05, 3.63) is 22.7 Å². The molecule has 0 radical (unpaired) electrons. The van der Waals surface area contributed by atoms with Gasteiger partial charge in [-0.3, -0.25) is 4.79 Å². The van der Waals surface area contributed by atoms with Crippen LogP contribution in [0.4, 0.5) is 10.5 Å². The normalized spacial score (nSPS) is 10.9. The minimum absolute atomic E-state index is 0.166. The molecule has 0 aliphatic carbocycles. The molecule has 0 bridgehead atoms. The van der Waals surface area contributed by atoms with Crippen molar-refractivity contribution in [2.24, 2.45) is 0 Å². The molecule has 2 N–H and O–H groups in total. The van der Waals surface area contributed by atoms with Gasteiger partial charge in [0.25, 0.3) is 0 Å². The lowest BCUT2D eigenvalue weighted by atomic mass is 10.2. The second-order valence-corrected chi connectivity index (χ2v) is 6.79. The van der Waals surface area contributed by atoms with Crippen LogP contribution in [0.1, 0.15) is 39.2 Å². The van der Waals surface area contributed by atoms with Gasteiger partial charge in [0, 0.05) is 24.1 Å². The monoisotopic (exact) mass is 356 g/mol. The zero-order valence-corrected chi connectivity index (χ0v) is 15.5. The predicted molar refractivity (Wildman–Crippen MR) is 94.8 cm³/mol. The van der Waals surface area contributed by atoms with E-state index in [4.69, 9.17) is 21.1 Å². The highest BCUT2D eigenvalue weighted by atomic mass is 35.5. The van der Waals surface area contributed by atoms with Crippen LogP contribution in [-0.4, -0.2) is 31.3 Å². The number of aryl methyl sites for hydroxylation is 1. The Labute approximate surface area is 147 Å².